The van der Waals surface area contributed by atoms with Crippen LogP contribution >= 0.6 is 11.8 Å². The van der Waals surface area contributed by atoms with Crippen molar-refractivity contribution in [1.82, 2.24) is 5.32 Å². The van der Waals surface area contributed by atoms with Crippen molar-refractivity contribution >= 4 is 23.6 Å². The largest absolute Gasteiger partial charge is 0.482 e. The van der Waals surface area contributed by atoms with Crippen molar-refractivity contribution in [3.05, 3.63) is 59.7 Å². The third-order valence-electron chi connectivity index (χ3n) is 3.70. The Hall–Kier alpha value is -2.47. The van der Waals surface area contributed by atoms with E-state index >= 15 is 0 Å². The molecule has 26 heavy (non-hydrogen) atoms. The highest BCUT2D eigenvalue weighted by Crippen LogP contribution is 2.20. The van der Waals surface area contributed by atoms with Crippen LogP contribution in [0, 0.1) is 13.8 Å². The summed E-state index contributed by atoms with van der Waals surface area (Å²) in [4.78, 5) is 24.5. The molecule has 5 nitrogen and oxygen atoms in total. The number of amides is 1. The first-order valence-corrected chi connectivity index (χ1v) is 9.34. The number of carbonyl (C=O) groups is 2. The zero-order chi connectivity index (χ0) is 18.8. The van der Waals surface area contributed by atoms with Gasteiger partial charge in [-0.2, -0.15) is 0 Å². The van der Waals surface area contributed by atoms with Crippen LogP contribution in [-0.2, 0) is 14.3 Å². The summed E-state index contributed by atoms with van der Waals surface area (Å²) in [5.41, 5.74) is 2.07. The lowest BCUT2D eigenvalue weighted by atomic mass is 10.1. The first-order valence-electron chi connectivity index (χ1n) is 8.35. The average Bonchev–Trinajstić information content (AvgIpc) is 2.65. The molecule has 138 valence electrons. The van der Waals surface area contributed by atoms with Gasteiger partial charge in [0.25, 0.3) is 5.91 Å². The summed E-state index contributed by atoms with van der Waals surface area (Å²) in [5.74, 6) is 0.502. The van der Waals surface area contributed by atoms with Gasteiger partial charge in [0.1, 0.15) is 5.75 Å². The van der Waals surface area contributed by atoms with Crippen molar-refractivity contribution in [3.63, 3.8) is 0 Å². The molecule has 1 N–H and O–H groups in total. The molecule has 2 aromatic carbocycles. The molecule has 0 unspecified atom stereocenters. The highest BCUT2D eigenvalue weighted by atomic mass is 32.2. The van der Waals surface area contributed by atoms with E-state index in [1.54, 1.807) is 17.8 Å². The highest BCUT2D eigenvalue weighted by Gasteiger charge is 2.09. The van der Waals surface area contributed by atoms with Gasteiger partial charge in [-0.05, 0) is 43.2 Å². The predicted octanol–water partition coefficient (Wildman–Crippen LogP) is 3.13. The third kappa shape index (κ3) is 6.80. The van der Waals surface area contributed by atoms with Gasteiger partial charge in [0, 0.05) is 17.2 Å². The fourth-order valence-electron chi connectivity index (χ4n) is 2.13. The molecule has 0 aliphatic rings. The van der Waals surface area contributed by atoms with E-state index in [1.165, 1.54) is 0 Å². The van der Waals surface area contributed by atoms with E-state index < -0.39 is 5.97 Å². The van der Waals surface area contributed by atoms with Gasteiger partial charge in [-0.1, -0.05) is 30.3 Å². The minimum absolute atomic E-state index is 0.221. The van der Waals surface area contributed by atoms with Gasteiger partial charge in [-0.3, -0.25) is 4.79 Å². The number of hydrogen-bond donors (Lipinski definition) is 1. The number of carbonyl (C=O) groups excluding carboxylic acids is 2. The maximum atomic E-state index is 11.7. The van der Waals surface area contributed by atoms with Crippen LogP contribution in [0.25, 0.3) is 0 Å². The van der Waals surface area contributed by atoms with E-state index in [1.807, 2.05) is 56.3 Å². The van der Waals surface area contributed by atoms with Gasteiger partial charge in [-0.25, -0.2) is 4.79 Å². The van der Waals surface area contributed by atoms with Crippen LogP contribution in [0.3, 0.4) is 0 Å². The van der Waals surface area contributed by atoms with Gasteiger partial charge in [0.15, 0.2) is 13.2 Å². The Balaban J connectivity index is 1.59. The topological polar surface area (TPSA) is 64.6 Å². The van der Waals surface area contributed by atoms with Gasteiger partial charge in [0.05, 0.1) is 0 Å². The minimum atomic E-state index is -0.570. The van der Waals surface area contributed by atoms with Crippen molar-refractivity contribution < 1.29 is 19.1 Å². The molecule has 0 aromatic heterocycles. The average molecular weight is 373 g/mol. The third-order valence-corrected chi connectivity index (χ3v) is 4.71. The number of thioether (sulfide) groups is 1. The molecule has 0 fully saturated rings. The Kier molecular flexibility index (Phi) is 8.02. The second-order valence-corrected chi connectivity index (χ2v) is 6.83. The number of ether oxygens (including phenoxy) is 2. The lowest BCUT2D eigenvalue weighted by Gasteiger charge is -2.10. The Labute approximate surface area is 158 Å². The van der Waals surface area contributed by atoms with Crippen molar-refractivity contribution in [1.29, 1.82) is 0 Å². The number of nitrogens with one attached hydrogen (secondary N) is 1. The van der Waals surface area contributed by atoms with Crippen LogP contribution in [-0.4, -0.2) is 37.4 Å². The second kappa shape index (κ2) is 10.5. The summed E-state index contributed by atoms with van der Waals surface area (Å²) >= 11 is 1.65. The molecule has 2 rings (SSSR count). The Bertz CT molecular complexity index is 734. The summed E-state index contributed by atoms with van der Waals surface area (Å²) in [6.07, 6.45) is 0. The lowest BCUT2D eigenvalue weighted by molar-refractivity contribution is -0.150. The zero-order valence-corrected chi connectivity index (χ0v) is 15.8. The summed E-state index contributed by atoms with van der Waals surface area (Å²) in [7, 11) is 0. The highest BCUT2D eigenvalue weighted by molar-refractivity contribution is 7.99. The number of aryl methyl sites for hydroxylation is 1. The molecule has 0 spiro atoms. The molecule has 0 bridgehead atoms. The summed E-state index contributed by atoms with van der Waals surface area (Å²) in [5, 5.41) is 2.72. The second-order valence-electron chi connectivity index (χ2n) is 5.66. The zero-order valence-electron chi connectivity index (χ0n) is 15.0. The molecule has 0 radical (unpaired) electrons. The van der Waals surface area contributed by atoms with Crippen LogP contribution < -0.4 is 10.1 Å². The first-order chi connectivity index (χ1) is 12.6. The quantitative estimate of drug-likeness (QED) is 0.416. The Morgan fingerprint density at radius 3 is 2.54 bits per heavy atom. The van der Waals surface area contributed by atoms with E-state index in [2.05, 4.69) is 5.32 Å². The van der Waals surface area contributed by atoms with Crippen molar-refractivity contribution in [2.75, 3.05) is 25.5 Å². The van der Waals surface area contributed by atoms with E-state index in [9.17, 15) is 9.59 Å². The fourth-order valence-corrected chi connectivity index (χ4v) is 2.92. The fraction of sp³-hybridized carbons (Fsp3) is 0.300. The van der Waals surface area contributed by atoms with Crippen LogP contribution in [0.1, 0.15) is 11.1 Å². The predicted molar refractivity (Wildman–Crippen MR) is 103 cm³/mol. The van der Waals surface area contributed by atoms with Crippen LogP contribution in [0.4, 0.5) is 0 Å². The van der Waals surface area contributed by atoms with Crippen LogP contribution in [0.5, 0.6) is 5.75 Å². The molecule has 0 aliphatic carbocycles. The molecule has 0 atom stereocenters. The molecule has 0 saturated heterocycles. The van der Waals surface area contributed by atoms with Gasteiger partial charge < -0.3 is 14.8 Å². The number of esters is 1. The standard InChI is InChI=1S/C20H23NO4S/c1-15-7-6-10-18(16(15)2)24-14-20(23)25-13-19(22)21-11-12-26-17-8-4-3-5-9-17/h3-10H,11-14H2,1-2H3,(H,21,22). The number of rotatable bonds is 9. The molecular formula is C20H23NO4S. The maximum absolute atomic E-state index is 11.7. The van der Waals surface area contributed by atoms with Crippen molar-refractivity contribution in [3.8, 4) is 5.75 Å². The van der Waals surface area contributed by atoms with Crippen molar-refractivity contribution in [2.24, 2.45) is 0 Å². The molecule has 1 amide bonds. The molecule has 6 heteroatoms. The van der Waals surface area contributed by atoms with Gasteiger partial charge in [0.2, 0.25) is 0 Å². The molecule has 0 heterocycles. The maximum Gasteiger partial charge on any atom is 0.344 e. The molecular weight excluding hydrogens is 350 g/mol. The van der Waals surface area contributed by atoms with Crippen LogP contribution in [0.15, 0.2) is 53.4 Å². The summed E-state index contributed by atoms with van der Waals surface area (Å²) in [6, 6.07) is 15.6. The van der Waals surface area contributed by atoms with E-state index in [0.29, 0.717) is 12.3 Å². The number of hydrogen-bond acceptors (Lipinski definition) is 5. The van der Waals surface area contributed by atoms with E-state index in [4.69, 9.17) is 9.47 Å². The van der Waals surface area contributed by atoms with Crippen LogP contribution in [0.2, 0.25) is 0 Å². The lowest BCUT2D eigenvalue weighted by Crippen LogP contribution is -2.31. The first kappa shape index (κ1) is 19.8. The normalized spacial score (nSPS) is 10.2. The molecule has 2 aromatic rings. The van der Waals surface area contributed by atoms with Gasteiger partial charge >= 0.3 is 5.97 Å². The Morgan fingerprint density at radius 1 is 1.00 bits per heavy atom. The van der Waals surface area contributed by atoms with Crippen molar-refractivity contribution in [2.45, 2.75) is 18.7 Å². The van der Waals surface area contributed by atoms with E-state index in [-0.39, 0.29) is 19.1 Å². The molecule has 0 saturated carbocycles. The smallest absolute Gasteiger partial charge is 0.344 e. The van der Waals surface area contributed by atoms with Gasteiger partial charge in [-0.15, -0.1) is 11.8 Å². The molecule has 0 aliphatic heterocycles. The Morgan fingerprint density at radius 2 is 1.77 bits per heavy atom. The number of benzene rings is 2. The monoisotopic (exact) mass is 373 g/mol. The summed E-state index contributed by atoms with van der Waals surface area (Å²) < 4.78 is 10.4. The summed E-state index contributed by atoms with van der Waals surface area (Å²) in [6.45, 7) is 3.89. The SMILES string of the molecule is Cc1cccc(OCC(=O)OCC(=O)NCCSc2ccccc2)c1C. The van der Waals surface area contributed by atoms with E-state index in [0.717, 1.165) is 21.8 Å². The minimum Gasteiger partial charge on any atom is -0.482 e.